The largest absolute Gasteiger partial charge is 0.303 e. The van der Waals surface area contributed by atoms with E-state index in [-0.39, 0.29) is 6.04 Å². The van der Waals surface area contributed by atoms with Crippen LogP contribution in [-0.2, 0) is 0 Å². The normalized spacial score (nSPS) is 13.4. The minimum Gasteiger partial charge on any atom is -0.303 e. The van der Waals surface area contributed by atoms with E-state index in [4.69, 9.17) is 5.26 Å². The van der Waals surface area contributed by atoms with Gasteiger partial charge in [-0.05, 0) is 40.2 Å². The Balaban J connectivity index is 3.97. The highest BCUT2D eigenvalue weighted by molar-refractivity contribution is 4.91. The molecule has 0 aliphatic heterocycles. The molecule has 0 amide bonds. The van der Waals surface area contributed by atoms with Crippen LogP contribution in [0.25, 0.3) is 0 Å². The van der Waals surface area contributed by atoms with Gasteiger partial charge in [0.2, 0.25) is 0 Å². The minimum atomic E-state index is -0.0168. The van der Waals surface area contributed by atoms with Crippen molar-refractivity contribution in [3.63, 3.8) is 0 Å². The van der Waals surface area contributed by atoms with E-state index in [0.717, 1.165) is 13.0 Å². The summed E-state index contributed by atoms with van der Waals surface area (Å²) in [6, 6.07) is 3.34. The Kier molecular flexibility index (Phi) is 8.23. The number of rotatable bonds is 8. The lowest BCUT2D eigenvalue weighted by atomic mass is 10.1. The van der Waals surface area contributed by atoms with Gasteiger partial charge in [-0.15, -0.1) is 0 Å². The summed E-state index contributed by atoms with van der Waals surface area (Å²) in [7, 11) is 2.15. The van der Waals surface area contributed by atoms with Gasteiger partial charge in [-0.3, -0.25) is 5.32 Å². The molecule has 1 N–H and O–H groups in total. The van der Waals surface area contributed by atoms with Gasteiger partial charge in [0.1, 0.15) is 0 Å². The highest BCUT2D eigenvalue weighted by Gasteiger charge is 2.13. The Bertz CT molecular complexity index is 204. The number of nitrogens with one attached hydrogen (secondary N) is 1. The molecule has 3 nitrogen and oxygen atoms in total. The summed E-state index contributed by atoms with van der Waals surface area (Å²) in [5, 5.41) is 12.3. The maximum atomic E-state index is 9.01. The van der Waals surface area contributed by atoms with Crippen LogP contribution in [0.3, 0.4) is 0 Å². The van der Waals surface area contributed by atoms with E-state index in [1.54, 1.807) is 0 Å². The van der Waals surface area contributed by atoms with Gasteiger partial charge in [-0.25, -0.2) is 0 Å². The van der Waals surface area contributed by atoms with Crippen molar-refractivity contribution in [3.8, 4) is 6.07 Å². The van der Waals surface area contributed by atoms with Crippen LogP contribution in [0.4, 0.5) is 0 Å². The molecule has 0 aliphatic carbocycles. The highest BCUT2D eigenvalue weighted by atomic mass is 15.1. The predicted molar refractivity (Wildman–Crippen MR) is 69.3 cm³/mol. The number of hydrogen-bond donors (Lipinski definition) is 1. The van der Waals surface area contributed by atoms with Crippen LogP contribution in [-0.4, -0.2) is 36.6 Å². The Morgan fingerprint density at radius 2 is 1.81 bits per heavy atom. The molecule has 0 aromatic heterocycles. The molecular weight excluding hydrogens is 198 g/mol. The average Bonchev–Trinajstić information content (AvgIpc) is 2.25. The topological polar surface area (TPSA) is 39.1 Å². The van der Waals surface area contributed by atoms with Crippen molar-refractivity contribution in [2.75, 3.05) is 13.6 Å². The molecule has 0 aromatic rings. The van der Waals surface area contributed by atoms with Gasteiger partial charge in [0.25, 0.3) is 0 Å². The number of nitriles is 1. The van der Waals surface area contributed by atoms with E-state index >= 15 is 0 Å². The second kappa shape index (κ2) is 8.55. The summed E-state index contributed by atoms with van der Waals surface area (Å²) in [6.07, 6.45) is 3.27. The van der Waals surface area contributed by atoms with Gasteiger partial charge in [-0.1, -0.05) is 13.8 Å². The van der Waals surface area contributed by atoms with E-state index in [9.17, 15) is 0 Å². The average molecular weight is 225 g/mol. The quantitative estimate of drug-likeness (QED) is 0.689. The molecule has 0 rings (SSSR count). The molecule has 3 heteroatoms. The second-order valence-electron chi connectivity index (χ2n) is 4.74. The summed E-state index contributed by atoms with van der Waals surface area (Å²) < 4.78 is 0. The summed E-state index contributed by atoms with van der Waals surface area (Å²) in [5.41, 5.74) is 0. The molecule has 1 unspecified atom stereocenters. The second-order valence-corrected chi connectivity index (χ2v) is 4.74. The smallest absolute Gasteiger partial charge is 0.0967 e. The maximum Gasteiger partial charge on any atom is 0.0967 e. The molecule has 0 spiro atoms. The van der Waals surface area contributed by atoms with Gasteiger partial charge < -0.3 is 4.90 Å². The lowest BCUT2D eigenvalue weighted by molar-refractivity contribution is 0.221. The van der Waals surface area contributed by atoms with Crippen LogP contribution in [0.2, 0.25) is 0 Å². The third-order valence-electron chi connectivity index (χ3n) is 3.03. The van der Waals surface area contributed by atoms with Crippen molar-refractivity contribution in [1.82, 2.24) is 10.2 Å². The fourth-order valence-corrected chi connectivity index (χ4v) is 2.01. The van der Waals surface area contributed by atoms with Gasteiger partial charge in [0, 0.05) is 18.6 Å². The fourth-order valence-electron chi connectivity index (χ4n) is 2.01. The molecule has 1 atom stereocenters. The van der Waals surface area contributed by atoms with Crippen molar-refractivity contribution in [1.29, 1.82) is 5.26 Å². The molecule has 94 valence electrons. The van der Waals surface area contributed by atoms with E-state index < -0.39 is 0 Å². The Labute approximate surface area is 101 Å². The van der Waals surface area contributed by atoms with Crippen LogP contribution in [0.1, 0.15) is 47.0 Å². The molecule has 0 aromatic carbocycles. The van der Waals surface area contributed by atoms with Gasteiger partial charge in [0.15, 0.2) is 0 Å². The summed E-state index contributed by atoms with van der Waals surface area (Å²) in [4.78, 5) is 2.37. The lowest BCUT2D eigenvalue weighted by Gasteiger charge is -2.27. The zero-order chi connectivity index (χ0) is 12.6. The van der Waals surface area contributed by atoms with E-state index in [1.807, 2.05) is 0 Å². The van der Waals surface area contributed by atoms with E-state index in [2.05, 4.69) is 51.0 Å². The third kappa shape index (κ3) is 6.09. The molecule has 0 saturated carbocycles. The lowest BCUT2D eigenvalue weighted by Crippen LogP contribution is -2.38. The molecule has 0 bridgehead atoms. The first-order valence-electron chi connectivity index (χ1n) is 6.40. The van der Waals surface area contributed by atoms with Gasteiger partial charge in [0.05, 0.1) is 12.1 Å². The summed E-state index contributed by atoms with van der Waals surface area (Å²) in [5.74, 6) is 0. The van der Waals surface area contributed by atoms with E-state index in [0.29, 0.717) is 12.1 Å². The summed E-state index contributed by atoms with van der Waals surface area (Å²) in [6.45, 7) is 9.59. The van der Waals surface area contributed by atoms with Crippen LogP contribution < -0.4 is 5.32 Å². The number of nitrogens with zero attached hydrogens (tertiary/aromatic N) is 2. The molecule has 0 saturated heterocycles. The molecule has 16 heavy (non-hydrogen) atoms. The third-order valence-corrected chi connectivity index (χ3v) is 3.03. The first-order valence-corrected chi connectivity index (χ1v) is 6.40. The van der Waals surface area contributed by atoms with Crippen molar-refractivity contribution in [2.24, 2.45) is 0 Å². The van der Waals surface area contributed by atoms with Gasteiger partial charge >= 0.3 is 0 Å². The van der Waals surface area contributed by atoms with Crippen LogP contribution >= 0.6 is 0 Å². The van der Waals surface area contributed by atoms with Crippen molar-refractivity contribution >= 4 is 0 Å². The van der Waals surface area contributed by atoms with Crippen molar-refractivity contribution in [3.05, 3.63) is 0 Å². The zero-order valence-electron chi connectivity index (χ0n) is 11.5. The first-order chi connectivity index (χ1) is 7.54. The van der Waals surface area contributed by atoms with Crippen LogP contribution in [0.15, 0.2) is 0 Å². The SMILES string of the molecule is CCC(CC)N(C)CCC(C#N)NC(C)C. The minimum absolute atomic E-state index is 0.0168. The predicted octanol–water partition coefficient (Wildman–Crippen LogP) is 2.39. The molecule has 0 fully saturated rings. The number of hydrogen-bond acceptors (Lipinski definition) is 3. The van der Waals surface area contributed by atoms with Crippen LogP contribution in [0, 0.1) is 11.3 Å². The highest BCUT2D eigenvalue weighted by Crippen LogP contribution is 2.07. The molecular formula is C13H27N3. The standard InChI is InChI=1S/C13H27N3/c1-6-13(7-2)16(5)9-8-12(10-14)15-11(3)4/h11-13,15H,6-9H2,1-5H3. The molecule has 0 heterocycles. The summed E-state index contributed by atoms with van der Waals surface area (Å²) >= 11 is 0. The van der Waals surface area contributed by atoms with E-state index in [1.165, 1.54) is 12.8 Å². The van der Waals surface area contributed by atoms with Crippen molar-refractivity contribution in [2.45, 2.75) is 65.1 Å². The first kappa shape index (κ1) is 15.4. The molecule has 0 radical (unpaired) electrons. The Hall–Kier alpha value is -0.590. The van der Waals surface area contributed by atoms with Crippen molar-refractivity contribution < 1.29 is 0 Å². The Morgan fingerprint density at radius 1 is 1.25 bits per heavy atom. The van der Waals surface area contributed by atoms with Gasteiger partial charge in [-0.2, -0.15) is 5.26 Å². The maximum absolute atomic E-state index is 9.01. The van der Waals surface area contributed by atoms with Crippen LogP contribution in [0.5, 0.6) is 0 Å². The zero-order valence-corrected chi connectivity index (χ0v) is 11.5. The Morgan fingerprint density at radius 3 is 2.19 bits per heavy atom. The fraction of sp³-hybridized carbons (Fsp3) is 0.923. The molecule has 0 aliphatic rings. The monoisotopic (exact) mass is 225 g/mol.